The first-order valence-corrected chi connectivity index (χ1v) is 9.69. The summed E-state index contributed by atoms with van der Waals surface area (Å²) in [5, 5.41) is 2.96. The highest BCUT2D eigenvalue weighted by molar-refractivity contribution is 5.87. The van der Waals surface area contributed by atoms with Crippen LogP contribution in [0.5, 0.6) is 0 Å². The molecule has 1 N–H and O–H groups in total. The van der Waals surface area contributed by atoms with Crippen molar-refractivity contribution in [1.29, 1.82) is 0 Å². The Kier molecular flexibility index (Phi) is 8.05. The number of amides is 2. The topological polar surface area (TPSA) is 49.4 Å². The Morgan fingerprint density at radius 1 is 0.926 bits per heavy atom. The van der Waals surface area contributed by atoms with Crippen LogP contribution in [-0.4, -0.2) is 28.8 Å². The van der Waals surface area contributed by atoms with Crippen molar-refractivity contribution in [3.05, 3.63) is 71.8 Å². The second kappa shape index (κ2) is 10.5. The van der Waals surface area contributed by atoms with Crippen LogP contribution in [0.15, 0.2) is 60.7 Å². The zero-order valence-electron chi connectivity index (χ0n) is 16.5. The molecule has 1 atom stereocenters. The lowest BCUT2D eigenvalue weighted by Crippen LogP contribution is -2.50. The van der Waals surface area contributed by atoms with Gasteiger partial charge in [0.15, 0.2) is 0 Å². The highest BCUT2D eigenvalue weighted by Gasteiger charge is 2.28. The SMILES string of the molecule is CC[C@H](C(=O)NC(C)C)N(Cc1ccccc1)C(=O)CCc1ccccc1. The van der Waals surface area contributed by atoms with E-state index in [4.69, 9.17) is 0 Å². The molecule has 4 heteroatoms. The summed E-state index contributed by atoms with van der Waals surface area (Å²) in [6.07, 6.45) is 1.65. The molecule has 4 nitrogen and oxygen atoms in total. The Morgan fingerprint density at radius 2 is 1.48 bits per heavy atom. The van der Waals surface area contributed by atoms with Gasteiger partial charge in [0.1, 0.15) is 6.04 Å². The number of rotatable bonds is 9. The molecule has 0 unspecified atom stereocenters. The van der Waals surface area contributed by atoms with Crippen LogP contribution in [0.4, 0.5) is 0 Å². The molecule has 0 heterocycles. The average molecular weight is 367 g/mol. The Bertz CT molecular complexity index is 714. The van der Waals surface area contributed by atoms with Gasteiger partial charge in [-0.2, -0.15) is 0 Å². The van der Waals surface area contributed by atoms with Crippen LogP contribution in [-0.2, 0) is 22.6 Å². The van der Waals surface area contributed by atoms with E-state index in [-0.39, 0.29) is 17.9 Å². The summed E-state index contributed by atoms with van der Waals surface area (Å²) in [6, 6.07) is 19.4. The van der Waals surface area contributed by atoms with E-state index in [2.05, 4.69) is 5.32 Å². The normalized spacial score (nSPS) is 11.9. The fourth-order valence-corrected chi connectivity index (χ4v) is 3.12. The molecule has 0 saturated carbocycles. The smallest absolute Gasteiger partial charge is 0.243 e. The van der Waals surface area contributed by atoms with Crippen molar-refractivity contribution in [2.24, 2.45) is 0 Å². The maximum atomic E-state index is 13.1. The van der Waals surface area contributed by atoms with Gasteiger partial charge in [-0.15, -0.1) is 0 Å². The number of carbonyl (C=O) groups excluding carboxylic acids is 2. The zero-order chi connectivity index (χ0) is 19.6. The van der Waals surface area contributed by atoms with Crippen LogP contribution < -0.4 is 5.32 Å². The number of nitrogens with zero attached hydrogens (tertiary/aromatic N) is 1. The van der Waals surface area contributed by atoms with Crippen molar-refractivity contribution in [3.8, 4) is 0 Å². The highest BCUT2D eigenvalue weighted by Crippen LogP contribution is 2.15. The molecular formula is C23H30N2O2. The molecule has 2 rings (SSSR count). The number of carbonyl (C=O) groups is 2. The first kappa shape index (κ1) is 20.7. The minimum absolute atomic E-state index is 0.00784. The number of hydrogen-bond acceptors (Lipinski definition) is 2. The fraction of sp³-hybridized carbons (Fsp3) is 0.391. The van der Waals surface area contributed by atoms with Crippen molar-refractivity contribution in [1.82, 2.24) is 10.2 Å². The van der Waals surface area contributed by atoms with Crippen LogP contribution in [0.3, 0.4) is 0 Å². The van der Waals surface area contributed by atoms with Crippen LogP contribution >= 0.6 is 0 Å². The molecule has 144 valence electrons. The van der Waals surface area contributed by atoms with Gasteiger partial charge in [-0.3, -0.25) is 9.59 Å². The minimum Gasteiger partial charge on any atom is -0.352 e. The van der Waals surface area contributed by atoms with Crippen molar-refractivity contribution >= 4 is 11.8 Å². The molecule has 0 aliphatic rings. The molecule has 0 spiro atoms. The maximum Gasteiger partial charge on any atom is 0.243 e. The zero-order valence-corrected chi connectivity index (χ0v) is 16.5. The molecule has 0 aliphatic heterocycles. The molecule has 0 aliphatic carbocycles. The number of benzene rings is 2. The lowest BCUT2D eigenvalue weighted by molar-refractivity contribution is -0.141. The molecule has 2 aromatic carbocycles. The summed E-state index contributed by atoms with van der Waals surface area (Å²) >= 11 is 0. The number of aryl methyl sites for hydroxylation is 1. The molecule has 2 amide bonds. The van der Waals surface area contributed by atoms with Gasteiger partial charge in [-0.05, 0) is 37.8 Å². The van der Waals surface area contributed by atoms with Gasteiger partial charge < -0.3 is 10.2 Å². The fourth-order valence-electron chi connectivity index (χ4n) is 3.12. The van der Waals surface area contributed by atoms with E-state index in [1.54, 1.807) is 4.90 Å². The monoisotopic (exact) mass is 366 g/mol. The van der Waals surface area contributed by atoms with E-state index >= 15 is 0 Å². The Balaban J connectivity index is 2.16. The first-order chi connectivity index (χ1) is 13.0. The van der Waals surface area contributed by atoms with Crippen LogP contribution in [0.2, 0.25) is 0 Å². The van der Waals surface area contributed by atoms with E-state index in [9.17, 15) is 9.59 Å². The quantitative estimate of drug-likeness (QED) is 0.730. The van der Waals surface area contributed by atoms with Crippen molar-refractivity contribution in [2.45, 2.75) is 58.7 Å². The lowest BCUT2D eigenvalue weighted by Gasteiger charge is -2.31. The second-order valence-corrected chi connectivity index (χ2v) is 7.08. The van der Waals surface area contributed by atoms with Gasteiger partial charge in [0.25, 0.3) is 0 Å². The van der Waals surface area contributed by atoms with Crippen molar-refractivity contribution in [3.63, 3.8) is 0 Å². The van der Waals surface area contributed by atoms with Crippen LogP contribution in [0, 0.1) is 0 Å². The predicted octanol–water partition coefficient (Wildman–Crippen LogP) is 3.95. The maximum absolute atomic E-state index is 13.1. The Hall–Kier alpha value is -2.62. The summed E-state index contributed by atoms with van der Waals surface area (Å²) in [4.78, 5) is 27.5. The minimum atomic E-state index is -0.462. The number of hydrogen-bond donors (Lipinski definition) is 1. The van der Waals surface area contributed by atoms with E-state index in [0.717, 1.165) is 11.1 Å². The molecular weight excluding hydrogens is 336 g/mol. The largest absolute Gasteiger partial charge is 0.352 e. The molecule has 0 bridgehead atoms. The summed E-state index contributed by atoms with van der Waals surface area (Å²) < 4.78 is 0. The highest BCUT2D eigenvalue weighted by atomic mass is 16.2. The van der Waals surface area contributed by atoms with Gasteiger partial charge in [0.2, 0.25) is 11.8 Å². The summed E-state index contributed by atoms with van der Waals surface area (Å²) in [7, 11) is 0. The van der Waals surface area contributed by atoms with E-state index in [1.165, 1.54) is 0 Å². The average Bonchev–Trinajstić information content (AvgIpc) is 2.67. The van der Waals surface area contributed by atoms with Crippen molar-refractivity contribution in [2.75, 3.05) is 0 Å². The molecule has 0 saturated heterocycles. The third kappa shape index (κ3) is 6.55. The lowest BCUT2D eigenvalue weighted by atomic mass is 10.1. The second-order valence-electron chi connectivity index (χ2n) is 7.08. The standard InChI is InChI=1S/C23H30N2O2/c1-4-21(23(27)24-18(2)3)25(17-20-13-9-6-10-14-20)22(26)16-15-19-11-7-5-8-12-19/h5-14,18,21H,4,15-17H2,1-3H3,(H,24,27)/t21-/m1/s1. The van der Waals surface area contributed by atoms with Gasteiger partial charge in [-0.25, -0.2) is 0 Å². The van der Waals surface area contributed by atoms with E-state index in [0.29, 0.717) is 25.8 Å². The molecule has 0 fully saturated rings. The van der Waals surface area contributed by atoms with Gasteiger partial charge in [0.05, 0.1) is 0 Å². The number of nitrogens with one attached hydrogen (secondary N) is 1. The summed E-state index contributed by atoms with van der Waals surface area (Å²) in [5.41, 5.74) is 2.16. The third-order valence-electron chi connectivity index (χ3n) is 4.48. The van der Waals surface area contributed by atoms with Gasteiger partial charge >= 0.3 is 0 Å². The van der Waals surface area contributed by atoms with E-state index in [1.807, 2.05) is 81.4 Å². The van der Waals surface area contributed by atoms with Crippen LogP contribution in [0.25, 0.3) is 0 Å². The first-order valence-electron chi connectivity index (χ1n) is 9.69. The summed E-state index contributed by atoms with van der Waals surface area (Å²) in [5.74, 6) is -0.0787. The molecule has 0 radical (unpaired) electrons. The van der Waals surface area contributed by atoms with Crippen LogP contribution in [0.1, 0.15) is 44.7 Å². The molecule has 27 heavy (non-hydrogen) atoms. The third-order valence-corrected chi connectivity index (χ3v) is 4.48. The Labute approximate surface area is 162 Å². The summed E-state index contributed by atoms with van der Waals surface area (Å²) in [6.45, 7) is 6.26. The van der Waals surface area contributed by atoms with Gasteiger partial charge in [-0.1, -0.05) is 67.6 Å². The van der Waals surface area contributed by atoms with Crippen molar-refractivity contribution < 1.29 is 9.59 Å². The molecule has 2 aromatic rings. The predicted molar refractivity (Wildman–Crippen MR) is 109 cm³/mol. The Morgan fingerprint density at radius 3 is 2.00 bits per heavy atom. The van der Waals surface area contributed by atoms with Gasteiger partial charge in [0, 0.05) is 19.0 Å². The molecule has 0 aromatic heterocycles. The van der Waals surface area contributed by atoms with E-state index < -0.39 is 6.04 Å².